The van der Waals surface area contributed by atoms with E-state index in [1.165, 1.54) is 6.92 Å². The van der Waals surface area contributed by atoms with Crippen LogP contribution in [0.15, 0.2) is 0 Å². The molecule has 1 unspecified atom stereocenters. The number of carboxylic acids is 1. The molecule has 0 aliphatic rings. The van der Waals surface area contributed by atoms with E-state index < -0.39 is 30.0 Å². The molecule has 0 aromatic heterocycles. The number of alkyl halides is 5. The van der Waals surface area contributed by atoms with Crippen LogP contribution in [0.3, 0.4) is 0 Å². The molecule has 0 rings (SSSR count). The maximum Gasteiger partial charge on any atom is 0.463 e. The van der Waals surface area contributed by atoms with Crippen LogP contribution in [0, 0.1) is 0 Å². The lowest BCUT2D eigenvalue weighted by molar-refractivity contribution is -0.270. The minimum Gasteiger partial charge on any atom is -0.480 e. The molecule has 2 N–H and O–H groups in total. The molecular weight excluding hydrogens is 253 g/mol. The molecule has 1 amide bonds. The van der Waals surface area contributed by atoms with Crippen LogP contribution in [-0.2, 0) is 9.59 Å². The van der Waals surface area contributed by atoms with Crippen LogP contribution in [0.25, 0.3) is 0 Å². The van der Waals surface area contributed by atoms with Gasteiger partial charge in [0.2, 0.25) is 0 Å². The summed E-state index contributed by atoms with van der Waals surface area (Å²) in [5.41, 5.74) is 0. The summed E-state index contributed by atoms with van der Waals surface area (Å²) >= 11 is 0. The number of nitrogens with one attached hydrogen (secondary N) is 1. The van der Waals surface area contributed by atoms with E-state index in [0.29, 0.717) is 0 Å². The van der Waals surface area contributed by atoms with Crippen molar-refractivity contribution in [3.8, 4) is 0 Å². The molecule has 0 saturated carbocycles. The van der Waals surface area contributed by atoms with Crippen LogP contribution >= 0.6 is 0 Å². The van der Waals surface area contributed by atoms with Gasteiger partial charge in [-0.05, 0) is 6.42 Å². The first-order valence-electron chi connectivity index (χ1n) is 4.52. The zero-order valence-corrected chi connectivity index (χ0v) is 8.65. The van der Waals surface area contributed by atoms with Crippen molar-refractivity contribution >= 4 is 11.9 Å². The smallest absolute Gasteiger partial charge is 0.463 e. The van der Waals surface area contributed by atoms with Crippen LogP contribution in [0.1, 0.15) is 19.8 Å². The fourth-order valence-corrected chi connectivity index (χ4v) is 0.924. The lowest BCUT2D eigenvalue weighted by Crippen LogP contribution is -2.54. The molecule has 0 heterocycles. The van der Waals surface area contributed by atoms with E-state index in [0.717, 1.165) is 5.32 Å². The highest BCUT2D eigenvalue weighted by Gasteiger charge is 2.63. The summed E-state index contributed by atoms with van der Waals surface area (Å²) in [6, 6.07) is -1.76. The predicted octanol–water partition coefficient (Wildman–Crippen LogP) is 1.55. The Labute approximate surface area is 92.8 Å². The predicted molar refractivity (Wildman–Crippen MR) is 45.5 cm³/mol. The molecular formula is C8H10F5NO3. The van der Waals surface area contributed by atoms with Crippen LogP contribution in [-0.4, -0.2) is 35.1 Å². The largest absolute Gasteiger partial charge is 0.480 e. The zero-order chi connectivity index (χ0) is 13.9. The quantitative estimate of drug-likeness (QED) is 0.739. The Morgan fingerprint density at radius 1 is 1.24 bits per heavy atom. The third kappa shape index (κ3) is 3.82. The number of rotatable bonds is 5. The topological polar surface area (TPSA) is 66.4 Å². The molecule has 4 nitrogen and oxygen atoms in total. The van der Waals surface area contributed by atoms with Crippen molar-refractivity contribution in [1.82, 2.24) is 5.32 Å². The Bertz CT molecular complexity index is 302. The standard InChI is InChI=1S/C8H10F5NO3/c1-2-3-4(5(15)16)14-6(17)7(9,10)8(11,12)13/h4H,2-3H2,1H3,(H,14,17)(H,15,16). The molecule has 0 aromatic rings. The first kappa shape index (κ1) is 15.6. The second kappa shape index (κ2) is 5.28. The minimum absolute atomic E-state index is 0.203. The number of hydrogen-bond acceptors (Lipinski definition) is 2. The monoisotopic (exact) mass is 263 g/mol. The molecule has 100 valence electrons. The van der Waals surface area contributed by atoms with Gasteiger partial charge >= 0.3 is 24.0 Å². The molecule has 1 atom stereocenters. The highest BCUT2D eigenvalue weighted by Crippen LogP contribution is 2.35. The highest BCUT2D eigenvalue weighted by molar-refractivity contribution is 5.88. The van der Waals surface area contributed by atoms with Gasteiger partial charge in [-0.2, -0.15) is 22.0 Å². The van der Waals surface area contributed by atoms with E-state index in [9.17, 15) is 31.5 Å². The van der Waals surface area contributed by atoms with Crippen molar-refractivity contribution in [3.63, 3.8) is 0 Å². The van der Waals surface area contributed by atoms with Gasteiger partial charge in [-0.15, -0.1) is 0 Å². The molecule has 0 radical (unpaired) electrons. The van der Waals surface area contributed by atoms with Crippen LogP contribution < -0.4 is 5.32 Å². The van der Waals surface area contributed by atoms with E-state index >= 15 is 0 Å². The lowest BCUT2D eigenvalue weighted by Gasteiger charge is -2.21. The summed E-state index contributed by atoms with van der Waals surface area (Å²) < 4.78 is 60.2. The van der Waals surface area contributed by atoms with Gasteiger partial charge in [0.15, 0.2) is 0 Å². The maximum absolute atomic E-state index is 12.5. The van der Waals surface area contributed by atoms with Crippen molar-refractivity contribution in [3.05, 3.63) is 0 Å². The minimum atomic E-state index is -6.05. The first-order chi connectivity index (χ1) is 7.54. The van der Waals surface area contributed by atoms with Crippen molar-refractivity contribution in [2.24, 2.45) is 0 Å². The number of carbonyl (C=O) groups is 2. The second-order valence-corrected chi connectivity index (χ2v) is 3.23. The average Bonchev–Trinajstić information content (AvgIpc) is 2.14. The lowest BCUT2D eigenvalue weighted by atomic mass is 10.1. The van der Waals surface area contributed by atoms with Crippen molar-refractivity contribution < 1.29 is 36.6 Å². The Balaban J connectivity index is 4.78. The Morgan fingerprint density at radius 3 is 2.00 bits per heavy atom. The summed E-state index contributed by atoms with van der Waals surface area (Å²) in [4.78, 5) is 21.1. The Morgan fingerprint density at radius 2 is 1.71 bits per heavy atom. The molecule has 0 bridgehead atoms. The summed E-state index contributed by atoms with van der Waals surface area (Å²) in [6.45, 7) is 1.49. The van der Waals surface area contributed by atoms with E-state index in [4.69, 9.17) is 5.11 Å². The average molecular weight is 263 g/mol. The van der Waals surface area contributed by atoms with Crippen molar-refractivity contribution in [2.45, 2.75) is 37.9 Å². The molecule has 0 fully saturated rings. The molecule has 0 aliphatic carbocycles. The highest BCUT2D eigenvalue weighted by atomic mass is 19.4. The fraction of sp³-hybridized carbons (Fsp3) is 0.750. The van der Waals surface area contributed by atoms with Crippen molar-refractivity contribution in [1.29, 1.82) is 0 Å². The van der Waals surface area contributed by atoms with Gasteiger partial charge in [-0.1, -0.05) is 13.3 Å². The van der Waals surface area contributed by atoms with Gasteiger partial charge < -0.3 is 10.4 Å². The molecule has 17 heavy (non-hydrogen) atoms. The van der Waals surface area contributed by atoms with Gasteiger partial charge in [0.25, 0.3) is 0 Å². The van der Waals surface area contributed by atoms with E-state index in [1.807, 2.05) is 0 Å². The van der Waals surface area contributed by atoms with Gasteiger partial charge in [0.1, 0.15) is 6.04 Å². The van der Waals surface area contributed by atoms with Gasteiger partial charge in [-0.3, -0.25) is 4.79 Å². The summed E-state index contributed by atoms with van der Waals surface area (Å²) in [7, 11) is 0. The number of halogens is 5. The van der Waals surface area contributed by atoms with Crippen LogP contribution in [0.2, 0.25) is 0 Å². The summed E-state index contributed by atoms with van der Waals surface area (Å²) in [5.74, 6) is -9.93. The number of hydrogen-bond donors (Lipinski definition) is 2. The summed E-state index contributed by atoms with van der Waals surface area (Å²) in [6.07, 6.45) is -6.09. The van der Waals surface area contributed by atoms with E-state index in [1.54, 1.807) is 0 Å². The van der Waals surface area contributed by atoms with Gasteiger partial charge in [0, 0.05) is 0 Å². The molecule has 0 spiro atoms. The molecule has 0 aromatic carbocycles. The third-order valence-corrected chi connectivity index (χ3v) is 1.82. The molecule has 0 aliphatic heterocycles. The van der Waals surface area contributed by atoms with Gasteiger partial charge in [0.05, 0.1) is 0 Å². The third-order valence-electron chi connectivity index (χ3n) is 1.82. The van der Waals surface area contributed by atoms with Crippen LogP contribution in [0.5, 0.6) is 0 Å². The van der Waals surface area contributed by atoms with Crippen molar-refractivity contribution in [2.75, 3.05) is 0 Å². The fourth-order valence-electron chi connectivity index (χ4n) is 0.924. The number of carbonyl (C=O) groups excluding carboxylic acids is 1. The Hall–Kier alpha value is -1.41. The van der Waals surface area contributed by atoms with E-state index in [2.05, 4.69) is 0 Å². The maximum atomic E-state index is 12.5. The number of carboxylic acid groups (broad SMARTS) is 1. The molecule has 0 saturated heterocycles. The first-order valence-corrected chi connectivity index (χ1v) is 4.52. The normalized spacial score (nSPS) is 14.2. The second-order valence-electron chi connectivity index (χ2n) is 3.23. The number of amides is 1. The molecule has 9 heteroatoms. The Kier molecular flexibility index (Phi) is 4.84. The van der Waals surface area contributed by atoms with E-state index in [-0.39, 0.29) is 12.8 Å². The van der Waals surface area contributed by atoms with Crippen LogP contribution in [0.4, 0.5) is 22.0 Å². The van der Waals surface area contributed by atoms with Gasteiger partial charge in [-0.25, -0.2) is 4.79 Å². The SMILES string of the molecule is CCCC(NC(=O)C(F)(F)C(F)(F)F)C(=O)O. The zero-order valence-electron chi connectivity index (χ0n) is 8.65. The summed E-state index contributed by atoms with van der Waals surface area (Å²) in [5, 5.41) is 9.64. The number of aliphatic carboxylic acids is 1.